The first-order valence-electron chi connectivity index (χ1n) is 10.2. The number of nitrogens with one attached hydrogen (secondary N) is 1. The van der Waals surface area contributed by atoms with Crippen LogP contribution in [0.3, 0.4) is 0 Å². The van der Waals surface area contributed by atoms with Crippen LogP contribution in [0, 0.1) is 0 Å². The van der Waals surface area contributed by atoms with Gasteiger partial charge in [-0.15, -0.1) is 11.8 Å². The fraction of sp³-hybridized carbons (Fsp3) is 0.250. The first kappa shape index (κ1) is 29.7. The topological polar surface area (TPSA) is 207 Å². The zero-order valence-corrected chi connectivity index (χ0v) is 24.4. The first-order valence-corrected chi connectivity index (χ1v) is 12.5. The van der Waals surface area contributed by atoms with Crippen LogP contribution < -0.4 is 45.7 Å². The van der Waals surface area contributed by atoms with Crippen molar-refractivity contribution in [2.75, 3.05) is 25.6 Å². The van der Waals surface area contributed by atoms with Crippen molar-refractivity contribution in [2.24, 2.45) is 5.16 Å². The number of carbonyl (C=O) groups is 4. The number of hydrogen-bond donors (Lipinski definition) is 3. The number of amides is 3. The average Bonchev–Trinajstić information content (AvgIpc) is 3.46. The number of allylic oxidation sites excluding steroid dienone is 1. The number of rotatable bonds is 7. The smallest absolute Gasteiger partial charge is 0.543 e. The number of carboxylic acids is 1. The SMILES string of the molecule is CN(C)C(=O)c1cc(/C=C\C2=C(C(=O)[O-])N3C(=O)[C@@H](NC(=O)/C(=N\O)c4nc(N)sc4Cl)[C@H]3SC2)on1.[Na+]. The van der Waals surface area contributed by atoms with Gasteiger partial charge in [0.15, 0.2) is 22.3 Å². The van der Waals surface area contributed by atoms with E-state index in [4.69, 9.17) is 21.9 Å². The summed E-state index contributed by atoms with van der Waals surface area (Å²) in [5.41, 5.74) is 4.80. The second-order valence-corrected chi connectivity index (χ2v) is 10.5. The molecule has 14 nitrogen and oxygen atoms in total. The molecule has 1 fully saturated rings. The van der Waals surface area contributed by atoms with Crippen molar-refractivity contribution >= 4 is 75.3 Å². The van der Waals surface area contributed by atoms with E-state index in [1.807, 2.05) is 0 Å². The largest absolute Gasteiger partial charge is 1.00 e. The number of aromatic nitrogens is 2. The van der Waals surface area contributed by atoms with Gasteiger partial charge >= 0.3 is 29.6 Å². The number of aliphatic carboxylic acids is 1. The molecule has 0 aromatic carbocycles. The van der Waals surface area contributed by atoms with Gasteiger partial charge in [0.2, 0.25) is 0 Å². The maximum atomic E-state index is 12.8. The third-order valence-corrected chi connectivity index (χ3v) is 7.61. The van der Waals surface area contributed by atoms with Crippen molar-refractivity contribution in [2.45, 2.75) is 11.4 Å². The minimum atomic E-state index is -1.59. The molecule has 2 aromatic rings. The van der Waals surface area contributed by atoms with Gasteiger partial charge in [0.05, 0.1) is 11.7 Å². The third-order valence-electron chi connectivity index (χ3n) is 5.22. The van der Waals surface area contributed by atoms with Crippen molar-refractivity contribution in [1.29, 1.82) is 0 Å². The van der Waals surface area contributed by atoms with E-state index in [1.165, 1.54) is 34.9 Å². The number of thiazole rings is 1. The van der Waals surface area contributed by atoms with E-state index in [2.05, 4.69) is 20.6 Å². The van der Waals surface area contributed by atoms with Crippen LogP contribution in [0.25, 0.3) is 6.08 Å². The van der Waals surface area contributed by atoms with Gasteiger partial charge in [-0.2, -0.15) is 0 Å². The van der Waals surface area contributed by atoms with Gasteiger partial charge in [-0.25, -0.2) is 4.98 Å². The fourth-order valence-corrected chi connectivity index (χ4v) is 5.76. The second kappa shape index (κ2) is 11.9. The Morgan fingerprint density at radius 2 is 2.11 bits per heavy atom. The zero-order valence-electron chi connectivity index (χ0n) is 20.0. The van der Waals surface area contributed by atoms with Gasteiger partial charge in [0.1, 0.15) is 21.4 Å². The number of thioether (sulfide) groups is 1. The summed E-state index contributed by atoms with van der Waals surface area (Å²) in [5.74, 6) is -3.29. The molecule has 4 rings (SSSR count). The molecule has 2 aromatic heterocycles. The monoisotopic (exact) mass is 589 g/mol. The van der Waals surface area contributed by atoms with Crippen molar-refractivity contribution < 1.29 is 63.6 Å². The number of carboxylic acid groups (broad SMARTS) is 1. The number of oxime groups is 1. The van der Waals surface area contributed by atoms with Crippen molar-refractivity contribution in [3.63, 3.8) is 0 Å². The van der Waals surface area contributed by atoms with E-state index in [0.29, 0.717) is 0 Å². The Kier molecular flexibility index (Phi) is 9.27. The quantitative estimate of drug-likeness (QED) is 0.0943. The summed E-state index contributed by atoms with van der Waals surface area (Å²) >= 11 is 8.03. The van der Waals surface area contributed by atoms with Crippen molar-refractivity contribution in [3.05, 3.63) is 44.9 Å². The van der Waals surface area contributed by atoms with Crippen LogP contribution in [0.4, 0.5) is 5.13 Å². The summed E-state index contributed by atoms with van der Waals surface area (Å²) in [6.45, 7) is 0. The van der Waals surface area contributed by atoms with Crippen molar-refractivity contribution in [1.82, 2.24) is 25.3 Å². The summed E-state index contributed by atoms with van der Waals surface area (Å²) in [6.07, 6.45) is 2.83. The van der Waals surface area contributed by atoms with E-state index in [0.717, 1.165) is 16.2 Å². The number of nitrogens with two attached hydrogens (primary N) is 1. The van der Waals surface area contributed by atoms with Gasteiger partial charge in [-0.1, -0.05) is 39.3 Å². The van der Waals surface area contributed by atoms with E-state index >= 15 is 0 Å². The predicted molar refractivity (Wildman–Crippen MR) is 130 cm³/mol. The molecular weight excluding hydrogens is 573 g/mol. The molecule has 38 heavy (non-hydrogen) atoms. The number of β-lactam (4-membered cyclic amide) rings is 1. The molecular formula is C20H17ClN7NaO7S2. The molecule has 18 heteroatoms. The number of carbonyl (C=O) groups excluding carboxylic acids is 4. The van der Waals surface area contributed by atoms with Crippen LogP contribution in [0.1, 0.15) is 21.9 Å². The molecule has 194 valence electrons. The normalized spacial score (nSPS) is 19.1. The molecule has 0 unspecified atom stereocenters. The standard InChI is InChI=1S/C20H18ClN7O7S2.Na/c1-27(2)16(30)9-5-8(35-26-9)4-3-7-6-36-18-12(17(31)28(18)13(7)19(32)33)23-15(29)11(25-34)10-14(21)37-20(22)24-10;/h3-5,12,18,34H,6H2,1-2H3,(H2,22,24)(H,23,29)(H,32,33);/q;+1/p-1/b4-3-,25-11-;/t12-,18-;/m1./s1. The molecule has 4 heterocycles. The third kappa shape index (κ3) is 5.60. The summed E-state index contributed by atoms with van der Waals surface area (Å²) < 4.78 is 5.10. The minimum absolute atomic E-state index is 0. The Labute approximate surface area is 249 Å². The summed E-state index contributed by atoms with van der Waals surface area (Å²) in [6, 6.07) is 0.275. The van der Waals surface area contributed by atoms with Crippen molar-refractivity contribution in [3.8, 4) is 0 Å². The van der Waals surface area contributed by atoms with E-state index in [9.17, 15) is 29.5 Å². The average molecular weight is 590 g/mol. The van der Waals surface area contributed by atoms with Gasteiger partial charge in [-0.05, 0) is 11.6 Å². The van der Waals surface area contributed by atoms with Gasteiger partial charge in [-0.3, -0.25) is 19.3 Å². The molecule has 2 aliphatic heterocycles. The summed E-state index contributed by atoms with van der Waals surface area (Å²) in [4.78, 5) is 55.6. The van der Waals surface area contributed by atoms with E-state index < -0.39 is 34.9 Å². The zero-order chi connectivity index (χ0) is 27.0. The Balaban J connectivity index is 0.00000400. The van der Waals surface area contributed by atoms with Gasteiger partial charge < -0.3 is 35.6 Å². The minimum Gasteiger partial charge on any atom is -0.543 e. The molecule has 1 saturated heterocycles. The maximum absolute atomic E-state index is 12.8. The van der Waals surface area contributed by atoms with Crippen LogP contribution in [0.15, 0.2) is 33.1 Å². The van der Waals surface area contributed by atoms with Crippen LogP contribution >= 0.6 is 34.7 Å². The van der Waals surface area contributed by atoms with Gasteiger partial charge in [0.25, 0.3) is 17.7 Å². The van der Waals surface area contributed by atoms with Crippen LogP contribution in [0.2, 0.25) is 4.34 Å². The van der Waals surface area contributed by atoms with Crippen LogP contribution in [0.5, 0.6) is 0 Å². The number of fused-ring (bicyclic) bond motifs is 1. The Hall–Kier alpha value is -2.89. The number of hydrogen-bond acceptors (Lipinski definition) is 13. The second-order valence-electron chi connectivity index (χ2n) is 7.79. The molecule has 2 atom stereocenters. The molecule has 0 saturated carbocycles. The molecule has 3 amide bonds. The Morgan fingerprint density at radius 1 is 1.39 bits per heavy atom. The number of anilines is 1. The number of nitrogens with zero attached hydrogens (tertiary/aromatic N) is 5. The van der Waals surface area contributed by atoms with E-state index in [1.54, 1.807) is 14.1 Å². The molecule has 0 aliphatic carbocycles. The molecule has 0 bridgehead atoms. The molecule has 0 radical (unpaired) electrons. The predicted octanol–water partition coefficient (Wildman–Crippen LogP) is -3.63. The number of nitrogen functional groups attached to an aromatic ring is 1. The molecule has 2 aliphatic rings. The van der Waals surface area contributed by atoms with Crippen LogP contribution in [-0.4, -0.2) is 85.8 Å². The Morgan fingerprint density at radius 3 is 2.68 bits per heavy atom. The summed E-state index contributed by atoms with van der Waals surface area (Å²) in [5, 5.41) is 29.5. The maximum Gasteiger partial charge on any atom is 1.00 e. The first-order chi connectivity index (χ1) is 17.5. The van der Waals surface area contributed by atoms with Gasteiger partial charge in [0, 0.05) is 25.9 Å². The fourth-order valence-electron chi connectivity index (χ4n) is 3.51. The van der Waals surface area contributed by atoms with E-state index in [-0.39, 0.29) is 79.1 Å². The Bertz CT molecular complexity index is 1400. The van der Waals surface area contributed by atoms with Crippen LogP contribution in [-0.2, 0) is 14.4 Å². The number of halogens is 1. The molecule has 0 spiro atoms. The molecule has 4 N–H and O–H groups in total. The summed E-state index contributed by atoms with van der Waals surface area (Å²) in [7, 11) is 3.11.